The number of hydrogen-bond donors (Lipinski definition) is 0. The highest BCUT2D eigenvalue weighted by molar-refractivity contribution is 6.04. The highest BCUT2D eigenvalue weighted by atomic mass is 16.5. The molecule has 8 heteroatoms. The predicted octanol–water partition coefficient (Wildman–Crippen LogP) is 1.48. The molecule has 1 fully saturated rings. The molecule has 0 radical (unpaired) electrons. The lowest BCUT2D eigenvalue weighted by molar-refractivity contribution is -0.140. The summed E-state index contributed by atoms with van der Waals surface area (Å²) in [6, 6.07) is 5.76. The molecule has 2 heterocycles. The van der Waals surface area contributed by atoms with Gasteiger partial charge in [0, 0.05) is 30.3 Å². The number of fused-ring (bicyclic) bond motifs is 2. The summed E-state index contributed by atoms with van der Waals surface area (Å²) in [6.07, 6.45) is 2.13. The van der Waals surface area contributed by atoms with Crippen LogP contribution >= 0.6 is 0 Å². The average Bonchev–Trinajstić information content (AvgIpc) is 3.42. The maximum Gasteiger partial charge on any atom is 0.355 e. The summed E-state index contributed by atoms with van der Waals surface area (Å²) in [5, 5.41) is 0. The van der Waals surface area contributed by atoms with Gasteiger partial charge in [0.1, 0.15) is 12.4 Å². The van der Waals surface area contributed by atoms with Crippen LogP contribution in [0.5, 0.6) is 0 Å². The first kappa shape index (κ1) is 18.5. The second-order valence-electron chi connectivity index (χ2n) is 7.30. The van der Waals surface area contributed by atoms with Gasteiger partial charge < -0.3 is 24.0 Å². The van der Waals surface area contributed by atoms with Gasteiger partial charge >= 0.3 is 11.9 Å². The van der Waals surface area contributed by atoms with Gasteiger partial charge in [-0.25, -0.2) is 9.59 Å². The monoisotopic (exact) mass is 386 g/mol. The van der Waals surface area contributed by atoms with Crippen molar-refractivity contribution in [2.75, 3.05) is 43.9 Å². The van der Waals surface area contributed by atoms with E-state index in [1.807, 2.05) is 18.2 Å². The highest BCUT2D eigenvalue weighted by Gasteiger charge is 2.52. The van der Waals surface area contributed by atoms with Crippen LogP contribution in [0.15, 0.2) is 29.5 Å². The quantitative estimate of drug-likeness (QED) is 0.728. The third-order valence-electron chi connectivity index (χ3n) is 5.68. The fourth-order valence-electron chi connectivity index (χ4n) is 4.04. The average molecular weight is 386 g/mol. The number of carbonyl (C=O) groups is 3. The minimum Gasteiger partial charge on any atom is -0.466 e. The van der Waals surface area contributed by atoms with Crippen LogP contribution in [0, 0.1) is 0 Å². The summed E-state index contributed by atoms with van der Waals surface area (Å²) in [7, 11) is 2.51. The Bertz CT molecular complexity index is 902. The molecule has 0 unspecified atom stereocenters. The van der Waals surface area contributed by atoms with E-state index in [0.717, 1.165) is 24.1 Å². The SMILES string of the molecule is COC(=O)C1=C(C(=O)OC)N(c2ccc3c(c2)N(C(C)=O)CC32CC2)COC1. The molecule has 0 aromatic heterocycles. The zero-order chi connectivity index (χ0) is 20.1. The second kappa shape index (κ2) is 6.63. The molecule has 0 N–H and O–H groups in total. The molecule has 1 spiro atoms. The van der Waals surface area contributed by atoms with E-state index in [9.17, 15) is 14.4 Å². The van der Waals surface area contributed by atoms with Crippen LogP contribution in [-0.2, 0) is 34.0 Å². The lowest BCUT2D eigenvalue weighted by Gasteiger charge is -2.31. The number of anilines is 2. The number of amides is 1. The van der Waals surface area contributed by atoms with Gasteiger partial charge in [0.25, 0.3) is 0 Å². The topological polar surface area (TPSA) is 85.4 Å². The van der Waals surface area contributed by atoms with E-state index in [2.05, 4.69) is 0 Å². The van der Waals surface area contributed by atoms with Crippen LogP contribution in [0.25, 0.3) is 0 Å². The number of hydrogen-bond acceptors (Lipinski definition) is 7. The van der Waals surface area contributed by atoms with Crippen molar-refractivity contribution in [2.24, 2.45) is 0 Å². The molecule has 148 valence electrons. The molecule has 1 aliphatic carbocycles. The zero-order valence-electron chi connectivity index (χ0n) is 16.1. The Morgan fingerprint density at radius 1 is 1.11 bits per heavy atom. The van der Waals surface area contributed by atoms with Gasteiger partial charge in [-0.2, -0.15) is 0 Å². The van der Waals surface area contributed by atoms with Gasteiger partial charge in [-0.1, -0.05) is 6.07 Å². The third kappa shape index (κ3) is 2.75. The van der Waals surface area contributed by atoms with Crippen LogP contribution in [0.1, 0.15) is 25.3 Å². The van der Waals surface area contributed by atoms with E-state index in [-0.39, 0.29) is 35.9 Å². The second-order valence-corrected chi connectivity index (χ2v) is 7.30. The van der Waals surface area contributed by atoms with Crippen molar-refractivity contribution in [3.8, 4) is 0 Å². The first-order valence-corrected chi connectivity index (χ1v) is 9.09. The molecule has 0 bridgehead atoms. The Balaban J connectivity index is 1.80. The summed E-state index contributed by atoms with van der Waals surface area (Å²) in [5.74, 6) is -1.31. The number of ether oxygens (including phenoxy) is 3. The van der Waals surface area contributed by atoms with Gasteiger partial charge in [0.2, 0.25) is 5.91 Å². The third-order valence-corrected chi connectivity index (χ3v) is 5.68. The molecule has 4 rings (SSSR count). The molecule has 0 atom stereocenters. The molecular weight excluding hydrogens is 364 g/mol. The molecule has 1 amide bonds. The highest BCUT2D eigenvalue weighted by Crippen LogP contribution is 2.57. The molecule has 28 heavy (non-hydrogen) atoms. The van der Waals surface area contributed by atoms with Crippen LogP contribution in [0.4, 0.5) is 11.4 Å². The van der Waals surface area contributed by atoms with E-state index in [0.29, 0.717) is 12.2 Å². The summed E-state index contributed by atoms with van der Waals surface area (Å²) in [4.78, 5) is 40.1. The molecule has 0 saturated heterocycles. The van der Waals surface area contributed by atoms with Crippen molar-refractivity contribution >= 4 is 29.2 Å². The van der Waals surface area contributed by atoms with Crippen LogP contribution in [0.2, 0.25) is 0 Å². The summed E-state index contributed by atoms with van der Waals surface area (Å²) in [5.41, 5.74) is 2.90. The maximum absolute atomic E-state index is 12.5. The standard InChI is InChI=1S/C20H22N2O6/c1-12(23)21-10-20(6-7-20)15-5-4-13(8-16(15)21)22-11-28-9-14(18(24)26-2)17(22)19(25)27-3/h4-5,8H,6-7,9-11H2,1-3H3. The minimum atomic E-state index is -0.647. The smallest absolute Gasteiger partial charge is 0.355 e. The van der Waals surface area contributed by atoms with Gasteiger partial charge in [-0.15, -0.1) is 0 Å². The predicted molar refractivity (Wildman–Crippen MR) is 99.7 cm³/mol. The number of carbonyl (C=O) groups excluding carboxylic acids is 3. The Morgan fingerprint density at radius 3 is 2.43 bits per heavy atom. The van der Waals surface area contributed by atoms with Gasteiger partial charge in [0.05, 0.1) is 26.4 Å². The van der Waals surface area contributed by atoms with Gasteiger partial charge in [0.15, 0.2) is 0 Å². The first-order chi connectivity index (χ1) is 13.4. The molecule has 1 saturated carbocycles. The number of benzene rings is 1. The summed E-state index contributed by atoms with van der Waals surface area (Å²) >= 11 is 0. The normalized spacial score (nSPS) is 19.5. The summed E-state index contributed by atoms with van der Waals surface area (Å²) < 4.78 is 15.2. The van der Waals surface area contributed by atoms with Crippen molar-refractivity contribution in [1.29, 1.82) is 0 Å². The van der Waals surface area contributed by atoms with Gasteiger partial charge in [-0.05, 0) is 30.5 Å². The van der Waals surface area contributed by atoms with Crippen molar-refractivity contribution in [3.63, 3.8) is 0 Å². The van der Waals surface area contributed by atoms with Crippen molar-refractivity contribution in [1.82, 2.24) is 0 Å². The van der Waals surface area contributed by atoms with E-state index in [1.165, 1.54) is 14.2 Å². The minimum absolute atomic E-state index is 0.0175. The number of methoxy groups -OCH3 is 2. The number of esters is 2. The van der Waals surface area contributed by atoms with Crippen molar-refractivity contribution < 1.29 is 28.6 Å². The zero-order valence-corrected chi connectivity index (χ0v) is 16.1. The Morgan fingerprint density at radius 2 is 1.82 bits per heavy atom. The van der Waals surface area contributed by atoms with Crippen LogP contribution < -0.4 is 9.80 Å². The van der Waals surface area contributed by atoms with E-state index in [1.54, 1.807) is 16.7 Å². The molecule has 2 aliphatic heterocycles. The first-order valence-electron chi connectivity index (χ1n) is 9.09. The molecular formula is C20H22N2O6. The fraction of sp³-hybridized carbons (Fsp3) is 0.450. The number of nitrogens with zero attached hydrogens (tertiary/aromatic N) is 2. The van der Waals surface area contributed by atoms with E-state index < -0.39 is 11.9 Å². The Hall–Kier alpha value is -2.87. The van der Waals surface area contributed by atoms with Crippen LogP contribution in [0.3, 0.4) is 0 Å². The van der Waals surface area contributed by atoms with Crippen molar-refractivity contribution in [3.05, 3.63) is 35.0 Å². The Kier molecular flexibility index (Phi) is 4.38. The maximum atomic E-state index is 12.5. The largest absolute Gasteiger partial charge is 0.466 e. The van der Waals surface area contributed by atoms with E-state index in [4.69, 9.17) is 14.2 Å². The summed E-state index contributed by atoms with van der Waals surface area (Å²) in [6.45, 7) is 2.28. The molecule has 3 aliphatic rings. The van der Waals surface area contributed by atoms with Gasteiger partial charge in [-0.3, -0.25) is 4.79 Å². The molecule has 1 aromatic rings. The van der Waals surface area contributed by atoms with E-state index >= 15 is 0 Å². The molecule has 8 nitrogen and oxygen atoms in total. The lowest BCUT2D eigenvalue weighted by Crippen LogP contribution is -2.38. The Labute approximate surface area is 162 Å². The lowest BCUT2D eigenvalue weighted by atomic mass is 9.98. The van der Waals surface area contributed by atoms with Crippen LogP contribution in [-0.4, -0.2) is 51.9 Å². The fourth-order valence-corrected chi connectivity index (χ4v) is 4.04. The van der Waals surface area contributed by atoms with Crippen molar-refractivity contribution in [2.45, 2.75) is 25.2 Å². The number of rotatable bonds is 3. The molecule has 1 aromatic carbocycles.